The molecule has 0 atom stereocenters. The summed E-state index contributed by atoms with van der Waals surface area (Å²) in [5, 5.41) is 0.433. The summed E-state index contributed by atoms with van der Waals surface area (Å²) in [6, 6.07) is 17.3. The third-order valence-electron chi connectivity index (χ3n) is 6.02. The van der Waals surface area contributed by atoms with Crippen LogP contribution in [0.1, 0.15) is 23.8 Å². The van der Waals surface area contributed by atoms with Crippen LogP contribution in [0.25, 0.3) is 11.0 Å². The molecule has 0 radical (unpaired) electrons. The van der Waals surface area contributed by atoms with E-state index in [1.165, 1.54) is 12.1 Å². The third kappa shape index (κ3) is 4.72. The van der Waals surface area contributed by atoms with Crippen molar-refractivity contribution in [2.24, 2.45) is 0 Å². The van der Waals surface area contributed by atoms with Crippen molar-refractivity contribution in [1.29, 1.82) is 0 Å². The van der Waals surface area contributed by atoms with Gasteiger partial charge in [-0.15, -0.1) is 0 Å². The van der Waals surface area contributed by atoms with Gasteiger partial charge in [0.2, 0.25) is 11.2 Å². The Labute approximate surface area is 202 Å². The second-order valence-electron chi connectivity index (χ2n) is 8.42. The van der Waals surface area contributed by atoms with Crippen molar-refractivity contribution in [3.05, 3.63) is 93.6 Å². The van der Waals surface area contributed by atoms with Crippen molar-refractivity contribution in [1.82, 2.24) is 4.90 Å². The Morgan fingerprint density at radius 3 is 2.57 bits per heavy atom. The molecule has 6 nitrogen and oxygen atoms in total. The molecule has 0 spiro atoms. The molecule has 180 valence electrons. The van der Waals surface area contributed by atoms with Gasteiger partial charge in [0.05, 0.1) is 17.6 Å². The molecule has 0 unspecified atom stereocenters. The highest BCUT2D eigenvalue weighted by Gasteiger charge is 2.24. The summed E-state index contributed by atoms with van der Waals surface area (Å²) in [6.07, 6.45) is 0.754. The molecular weight excluding hydrogens is 449 g/mol. The number of aryl methyl sites for hydroxylation is 1. The minimum atomic E-state index is -0.249. The van der Waals surface area contributed by atoms with Crippen LogP contribution in [-0.4, -0.2) is 24.8 Å². The number of fused-ring (bicyclic) bond motifs is 3. The van der Waals surface area contributed by atoms with Crippen LogP contribution in [0.2, 0.25) is 0 Å². The minimum Gasteiger partial charge on any atom is -0.490 e. The standard InChI is InChI=1S/C28H26FNO5/c1-3-32-24-6-4-5-7-25(24)35-27-18(2)34-28-21(26(27)31)12-13-23-22(28)16-30(17-33-23)15-14-19-8-10-20(29)11-9-19/h4-13H,3,14-17H2,1-2H3. The summed E-state index contributed by atoms with van der Waals surface area (Å²) in [7, 11) is 0. The average Bonchev–Trinajstić information content (AvgIpc) is 2.87. The Hall–Kier alpha value is -3.84. The molecule has 0 fully saturated rings. The van der Waals surface area contributed by atoms with E-state index in [4.69, 9.17) is 18.6 Å². The van der Waals surface area contributed by atoms with Gasteiger partial charge >= 0.3 is 0 Å². The maximum atomic E-state index is 13.4. The van der Waals surface area contributed by atoms with Gasteiger partial charge in [-0.05, 0) is 62.2 Å². The Bertz CT molecular complexity index is 1410. The predicted octanol–water partition coefficient (Wildman–Crippen LogP) is 5.83. The van der Waals surface area contributed by atoms with E-state index in [9.17, 15) is 9.18 Å². The van der Waals surface area contributed by atoms with Gasteiger partial charge in [-0.3, -0.25) is 9.69 Å². The number of benzene rings is 3. The minimum absolute atomic E-state index is 0.134. The zero-order chi connectivity index (χ0) is 24.4. The highest BCUT2D eigenvalue weighted by atomic mass is 19.1. The number of rotatable bonds is 7. The molecule has 1 aromatic heterocycles. The van der Waals surface area contributed by atoms with Crippen LogP contribution in [-0.2, 0) is 13.0 Å². The number of hydrogen-bond donors (Lipinski definition) is 0. The van der Waals surface area contributed by atoms with E-state index in [1.54, 1.807) is 43.3 Å². The maximum absolute atomic E-state index is 13.4. The zero-order valence-corrected chi connectivity index (χ0v) is 19.7. The molecule has 0 aliphatic carbocycles. The maximum Gasteiger partial charge on any atom is 0.235 e. The van der Waals surface area contributed by atoms with E-state index in [-0.39, 0.29) is 17.0 Å². The lowest BCUT2D eigenvalue weighted by atomic mass is 10.1. The summed E-state index contributed by atoms with van der Waals surface area (Å²) >= 11 is 0. The van der Waals surface area contributed by atoms with Crippen molar-refractivity contribution >= 4 is 11.0 Å². The molecule has 35 heavy (non-hydrogen) atoms. The lowest BCUT2D eigenvalue weighted by molar-refractivity contribution is 0.0967. The lowest BCUT2D eigenvalue weighted by Gasteiger charge is -2.29. The second-order valence-corrected chi connectivity index (χ2v) is 8.42. The SMILES string of the molecule is CCOc1ccccc1Oc1c(C)oc2c3c(ccc2c1=O)OCN(CCc1ccc(F)cc1)C3. The van der Waals surface area contributed by atoms with E-state index < -0.39 is 0 Å². The van der Waals surface area contributed by atoms with Gasteiger partial charge < -0.3 is 18.6 Å². The molecule has 4 aromatic rings. The van der Waals surface area contributed by atoms with Gasteiger partial charge in [0.15, 0.2) is 11.5 Å². The topological polar surface area (TPSA) is 61.1 Å². The van der Waals surface area contributed by atoms with E-state index >= 15 is 0 Å². The Morgan fingerprint density at radius 2 is 1.80 bits per heavy atom. The van der Waals surface area contributed by atoms with Gasteiger partial charge in [-0.2, -0.15) is 0 Å². The molecule has 7 heteroatoms. The molecule has 0 saturated carbocycles. The van der Waals surface area contributed by atoms with Gasteiger partial charge in [-0.1, -0.05) is 24.3 Å². The number of para-hydroxylation sites is 2. The molecule has 0 amide bonds. The fourth-order valence-electron chi connectivity index (χ4n) is 4.22. The van der Waals surface area contributed by atoms with Crippen LogP contribution < -0.4 is 19.6 Å². The van der Waals surface area contributed by atoms with Crippen molar-refractivity contribution in [3.8, 4) is 23.0 Å². The average molecular weight is 476 g/mol. The van der Waals surface area contributed by atoms with Crippen LogP contribution in [0.5, 0.6) is 23.0 Å². The first-order chi connectivity index (χ1) is 17.0. The molecule has 1 aliphatic heterocycles. The van der Waals surface area contributed by atoms with Gasteiger partial charge in [-0.25, -0.2) is 4.39 Å². The lowest BCUT2D eigenvalue weighted by Crippen LogP contribution is -2.33. The summed E-state index contributed by atoms with van der Waals surface area (Å²) in [5.74, 6) is 1.99. The summed E-state index contributed by atoms with van der Waals surface area (Å²) in [5.41, 5.74) is 2.13. The molecule has 0 bridgehead atoms. The first kappa shape index (κ1) is 22.9. The number of nitrogens with zero attached hydrogens (tertiary/aromatic N) is 1. The van der Waals surface area contributed by atoms with Gasteiger partial charge in [0.25, 0.3) is 0 Å². The highest BCUT2D eigenvalue weighted by Crippen LogP contribution is 2.36. The van der Waals surface area contributed by atoms with Crippen molar-refractivity contribution < 1.29 is 23.0 Å². The molecular formula is C28H26FNO5. The molecule has 2 heterocycles. The molecule has 5 rings (SSSR count). The molecule has 1 aliphatic rings. The van der Waals surface area contributed by atoms with Gasteiger partial charge in [0, 0.05) is 13.1 Å². The molecule has 0 saturated heterocycles. The van der Waals surface area contributed by atoms with Crippen LogP contribution in [0.4, 0.5) is 4.39 Å². The Balaban J connectivity index is 1.43. The largest absolute Gasteiger partial charge is 0.490 e. The third-order valence-corrected chi connectivity index (χ3v) is 6.02. The van der Waals surface area contributed by atoms with Gasteiger partial charge in [0.1, 0.15) is 29.6 Å². The Kier molecular flexibility index (Phi) is 6.42. The van der Waals surface area contributed by atoms with E-state index in [0.29, 0.717) is 53.9 Å². The first-order valence-corrected chi connectivity index (χ1v) is 11.6. The van der Waals surface area contributed by atoms with Crippen LogP contribution in [0.3, 0.4) is 0 Å². The smallest absolute Gasteiger partial charge is 0.235 e. The zero-order valence-electron chi connectivity index (χ0n) is 19.7. The second kappa shape index (κ2) is 9.80. The predicted molar refractivity (Wildman–Crippen MR) is 131 cm³/mol. The fraction of sp³-hybridized carbons (Fsp3) is 0.250. The molecule has 3 aromatic carbocycles. The first-order valence-electron chi connectivity index (χ1n) is 11.6. The van der Waals surface area contributed by atoms with Crippen molar-refractivity contribution in [2.45, 2.75) is 26.8 Å². The summed E-state index contributed by atoms with van der Waals surface area (Å²) < 4.78 is 36.9. The van der Waals surface area contributed by atoms with Crippen molar-refractivity contribution in [3.63, 3.8) is 0 Å². The van der Waals surface area contributed by atoms with E-state index in [2.05, 4.69) is 4.90 Å². The van der Waals surface area contributed by atoms with E-state index in [0.717, 1.165) is 24.1 Å². The van der Waals surface area contributed by atoms with Crippen LogP contribution in [0.15, 0.2) is 69.9 Å². The quantitative estimate of drug-likeness (QED) is 0.335. The number of ether oxygens (including phenoxy) is 3. The number of halogens is 1. The van der Waals surface area contributed by atoms with Crippen molar-refractivity contribution in [2.75, 3.05) is 19.9 Å². The monoisotopic (exact) mass is 475 g/mol. The summed E-state index contributed by atoms with van der Waals surface area (Å²) in [4.78, 5) is 15.5. The Morgan fingerprint density at radius 1 is 1.03 bits per heavy atom. The highest BCUT2D eigenvalue weighted by molar-refractivity contribution is 5.83. The van der Waals surface area contributed by atoms with E-state index in [1.807, 2.05) is 19.1 Å². The normalized spacial score (nSPS) is 13.3. The van der Waals surface area contributed by atoms with Crippen LogP contribution in [0, 0.1) is 12.7 Å². The van der Waals surface area contributed by atoms with Crippen LogP contribution >= 0.6 is 0 Å². The summed E-state index contributed by atoms with van der Waals surface area (Å²) in [6.45, 7) is 5.81. The fourth-order valence-corrected chi connectivity index (χ4v) is 4.22. The number of hydrogen-bond acceptors (Lipinski definition) is 6. The molecule has 0 N–H and O–H groups in total.